The summed E-state index contributed by atoms with van der Waals surface area (Å²) >= 11 is 6.12. The summed E-state index contributed by atoms with van der Waals surface area (Å²) in [5.74, 6) is -0.185. The van der Waals surface area contributed by atoms with E-state index in [1.54, 1.807) is 29.2 Å². The van der Waals surface area contributed by atoms with Gasteiger partial charge in [0.15, 0.2) is 0 Å². The van der Waals surface area contributed by atoms with Crippen LogP contribution in [0.1, 0.15) is 34.3 Å². The Kier molecular flexibility index (Phi) is 6.87. The van der Waals surface area contributed by atoms with E-state index in [4.69, 9.17) is 11.6 Å². The molecule has 0 saturated heterocycles. The Balaban J connectivity index is 1.34. The van der Waals surface area contributed by atoms with Crippen LogP contribution in [-0.4, -0.2) is 45.7 Å². The zero-order valence-electron chi connectivity index (χ0n) is 19.5. The number of carbonyl (C=O) groups excluding carboxylic acids is 2. The summed E-state index contributed by atoms with van der Waals surface area (Å²) in [5.41, 5.74) is 3.86. The first-order valence-electron chi connectivity index (χ1n) is 12.0. The number of amides is 2. The van der Waals surface area contributed by atoms with Gasteiger partial charge in [0.2, 0.25) is 5.91 Å². The molecular formula is C29H28ClN3O2. The number of benzene rings is 3. The Bertz CT molecular complexity index is 1330. The van der Waals surface area contributed by atoms with Gasteiger partial charge in [-0.2, -0.15) is 0 Å². The zero-order chi connectivity index (χ0) is 24.2. The lowest BCUT2D eigenvalue weighted by Crippen LogP contribution is -2.44. The molecule has 1 aliphatic rings. The van der Waals surface area contributed by atoms with Gasteiger partial charge in [0, 0.05) is 46.8 Å². The van der Waals surface area contributed by atoms with Gasteiger partial charge in [0.05, 0.1) is 0 Å². The number of rotatable bonds is 9. The summed E-state index contributed by atoms with van der Waals surface area (Å²) in [6.45, 7) is 1.14. The minimum atomic E-state index is -0.139. The number of halogens is 1. The quantitative estimate of drug-likeness (QED) is 0.330. The topological polar surface area (TPSA) is 56.4 Å². The Morgan fingerprint density at radius 1 is 0.943 bits per heavy atom. The molecule has 1 fully saturated rings. The summed E-state index contributed by atoms with van der Waals surface area (Å²) in [5, 5.41) is 1.69. The fourth-order valence-electron chi connectivity index (χ4n) is 4.48. The number of carbonyl (C=O) groups is 2. The van der Waals surface area contributed by atoms with Crippen LogP contribution in [0.5, 0.6) is 0 Å². The molecule has 0 bridgehead atoms. The largest absolute Gasteiger partial charge is 0.361 e. The third-order valence-electron chi connectivity index (χ3n) is 6.52. The van der Waals surface area contributed by atoms with Gasteiger partial charge in [-0.05, 0) is 54.7 Å². The fraction of sp³-hybridized carbons (Fsp3) is 0.241. The Morgan fingerprint density at radius 3 is 2.49 bits per heavy atom. The summed E-state index contributed by atoms with van der Waals surface area (Å²) in [6.07, 6.45) is 4.60. The van der Waals surface area contributed by atoms with Crippen LogP contribution < -0.4 is 0 Å². The first kappa shape index (κ1) is 23.2. The van der Waals surface area contributed by atoms with Crippen LogP contribution >= 0.6 is 11.6 Å². The highest BCUT2D eigenvalue weighted by Crippen LogP contribution is 2.29. The van der Waals surface area contributed by atoms with Crippen LogP contribution in [0.3, 0.4) is 0 Å². The van der Waals surface area contributed by atoms with Crippen molar-refractivity contribution in [1.82, 2.24) is 14.8 Å². The van der Waals surface area contributed by atoms with Gasteiger partial charge in [-0.25, -0.2) is 0 Å². The van der Waals surface area contributed by atoms with Crippen molar-refractivity contribution < 1.29 is 9.59 Å². The average Bonchev–Trinajstić information content (AvgIpc) is 3.64. The lowest BCUT2D eigenvalue weighted by atomic mass is 10.1. The smallest absolute Gasteiger partial charge is 0.254 e. The third-order valence-corrected chi connectivity index (χ3v) is 6.76. The standard InChI is InChI=1S/C29H28ClN3O2/c30-24-10-6-9-22(17-24)29(35)33(25-13-14-25)20-28(34)32(19-21-7-2-1-3-8-21)16-15-23-18-31-27-12-5-4-11-26(23)27/h1-12,17-18,25,31H,13-16,19-20H2. The van der Waals surface area contributed by atoms with Crippen molar-refractivity contribution in [3.63, 3.8) is 0 Å². The van der Waals surface area contributed by atoms with Crippen molar-refractivity contribution in [2.24, 2.45) is 0 Å². The number of nitrogens with zero attached hydrogens (tertiary/aromatic N) is 2. The highest BCUT2D eigenvalue weighted by atomic mass is 35.5. The van der Waals surface area contributed by atoms with Crippen LogP contribution in [-0.2, 0) is 17.8 Å². The molecule has 1 aromatic heterocycles. The van der Waals surface area contributed by atoms with Crippen molar-refractivity contribution in [3.05, 3.63) is 107 Å². The summed E-state index contributed by atoms with van der Waals surface area (Å²) in [6, 6.07) is 25.2. The fourth-order valence-corrected chi connectivity index (χ4v) is 4.67. The van der Waals surface area contributed by atoms with Crippen molar-refractivity contribution >= 4 is 34.3 Å². The molecule has 2 amide bonds. The van der Waals surface area contributed by atoms with E-state index in [-0.39, 0.29) is 24.4 Å². The Hall–Kier alpha value is -3.57. The minimum absolute atomic E-state index is 0.0454. The van der Waals surface area contributed by atoms with E-state index in [9.17, 15) is 9.59 Å². The molecule has 1 saturated carbocycles. The monoisotopic (exact) mass is 485 g/mol. The Labute approximate surface area is 210 Å². The van der Waals surface area contributed by atoms with Crippen LogP contribution in [0.15, 0.2) is 85.1 Å². The van der Waals surface area contributed by atoms with Crippen molar-refractivity contribution in [3.8, 4) is 0 Å². The highest BCUT2D eigenvalue weighted by Gasteiger charge is 2.35. The molecule has 1 aliphatic carbocycles. The molecule has 0 atom stereocenters. The maximum atomic E-state index is 13.6. The molecule has 6 heteroatoms. The second-order valence-electron chi connectivity index (χ2n) is 9.08. The van der Waals surface area contributed by atoms with Crippen LogP contribution in [0, 0.1) is 0 Å². The first-order valence-corrected chi connectivity index (χ1v) is 12.4. The molecule has 0 unspecified atom stereocenters. The molecule has 1 N–H and O–H groups in total. The molecule has 4 aromatic rings. The van der Waals surface area contributed by atoms with E-state index >= 15 is 0 Å². The Morgan fingerprint density at radius 2 is 1.71 bits per heavy atom. The van der Waals surface area contributed by atoms with Crippen LogP contribution in [0.4, 0.5) is 0 Å². The highest BCUT2D eigenvalue weighted by molar-refractivity contribution is 6.31. The number of aromatic amines is 1. The molecule has 3 aromatic carbocycles. The number of para-hydroxylation sites is 1. The van der Waals surface area contributed by atoms with Gasteiger partial charge < -0.3 is 14.8 Å². The van der Waals surface area contributed by atoms with E-state index in [2.05, 4.69) is 17.1 Å². The number of fused-ring (bicyclic) bond motifs is 1. The van der Waals surface area contributed by atoms with Gasteiger partial charge in [-0.3, -0.25) is 9.59 Å². The number of hydrogen-bond acceptors (Lipinski definition) is 2. The molecule has 0 spiro atoms. The molecule has 35 heavy (non-hydrogen) atoms. The van der Waals surface area contributed by atoms with E-state index in [0.29, 0.717) is 23.7 Å². The molecule has 178 valence electrons. The van der Waals surface area contributed by atoms with Gasteiger partial charge in [-0.15, -0.1) is 0 Å². The maximum absolute atomic E-state index is 13.6. The van der Waals surface area contributed by atoms with Gasteiger partial charge in [0.1, 0.15) is 6.54 Å². The summed E-state index contributed by atoms with van der Waals surface area (Å²) in [7, 11) is 0. The number of H-pyrrole nitrogens is 1. The second-order valence-corrected chi connectivity index (χ2v) is 9.52. The molecule has 0 aliphatic heterocycles. The van der Waals surface area contributed by atoms with Gasteiger partial charge >= 0.3 is 0 Å². The first-order chi connectivity index (χ1) is 17.1. The predicted octanol–water partition coefficient (Wildman–Crippen LogP) is 5.70. The SMILES string of the molecule is O=C(CN(C(=O)c1cccc(Cl)c1)C1CC1)N(CCc1c[nH]c2ccccc12)Cc1ccccc1. The van der Waals surface area contributed by atoms with Gasteiger partial charge in [-0.1, -0.05) is 66.2 Å². The third kappa shape index (κ3) is 5.57. The molecule has 5 nitrogen and oxygen atoms in total. The summed E-state index contributed by atoms with van der Waals surface area (Å²) in [4.78, 5) is 33.8. The zero-order valence-corrected chi connectivity index (χ0v) is 20.2. The lowest BCUT2D eigenvalue weighted by Gasteiger charge is -2.28. The average molecular weight is 486 g/mol. The molecule has 5 rings (SSSR count). The van der Waals surface area contributed by atoms with Crippen LogP contribution in [0.25, 0.3) is 10.9 Å². The lowest BCUT2D eigenvalue weighted by molar-refractivity contribution is -0.132. The number of nitrogens with one attached hydrogen (secondary N) is 1. The normalized spacial score (nSPS) is 13.1. The summed E-state index contributed by atoms with van der Waals surface area (Å²) < 4.78 is 0. The van der Waals surface area contributed by atoms with Crippen LogP contribution in [0.2, 0.25) is 5.02 Å². The van der Waals surface area contributed by atoms with E-state index in [1.807, 2.05) is 53.6 Å². The molecule has 0 radical (unpaired) electrons. The van der Waals surface area contributed by atoms with Crippen molar-refractivity contribution in [2.75, 3.05) is 13.1 Å². The number of hydrogen-bond donors (Lipinski definition) is 1. The van der Waals surface area contributed by atoms with E-state index in [1.165, 1.54) is 10.9 Å². The second kappa shape index (κ2) is 10.4. The van der Waals surface area contributed by atoms with Crippen molar-refractivity contribution in [1.29, 1.82) is 0 Å². The van der Waals surface area contributed by atoms with E-state index < -0.39 is 0 Å². The maximum Gasteiger partial charge on any atom is 0.254 e. The number of aromatic nitrogens is 1. The van der Waals surface area contributed by atoms with Crippen molar-refractivity contribution in [2.45, 2.75) is 31.8 Å². The molecular weight excluding hydrogens is 458 g/mol. The van der Waals surface area contributed by atoms with E-state index in [0.717, 1.165) is 30.3 Å². The minimum Gasteiger partial charge on any atom is -0.361 e. The predicted molar refractivity (Wildman–Crippen MR) is 139 cm³/mol. The molecule has 1 heterocycles. The van der Waals surface area contributed by atoms with Gasteiger partial charge in [0.25, 0.3) is 5.91 Å².